The van der Waals surface area contributed by atoms with E-state index in [1.54, 1.807) is 0 Å². The predicted molar refractivity (Wildman–Crippen MR) is 156 cm³/mol. The Kier molecular flexibility index (Phi) is 8.51. The van der Waals surface area contributed by atoms with Gasteiger partial charge in [0.15, 0.2) is 0 Å². The van der Waals surface area contributed by atoms with Crippen LogP contribution in [0, 0.1) is 0 Å². The number of ether oxygens (including phenoxy) is 2. The number of hydrogen-bond acceptors (Lipinski definition) is 4. The molecular weight excluding hydrogens is 468 g/mol. The van der Waals surface area contributed by atoms with E-state index < -0.39 is 0 Å². The maximum atomic E-state index is 5.94. The van der Waals surface area contributed by atoms with Gasteiger partial charge in [-0.25, -0.2) is 0 Å². The molecule has 0 unspecified atom stereocenters. The van der Waals surface area contributed by atoms with Gasteiger partial charge >= 0.3 is 0 Å². The molecule has 2 aromatic carbocycles. The first-order chi connectivity index (χ1) is 18.0. The smallest absolute Gasteiger partial charge is 0.120 e. The van der Waals surface area contributed by atoms with E-state index in [1.807, 2.05) is 12.4 Å². The van der Waals surface area contributed by atoms with Crippen LogP contribution in [0.5, 0.6) is 11.5 Å². The Morgan fingerprint density at radius 1 is 0.474 bits per heavy atom. The van der Waals surface area contributed by atoms with Crippen LogP contribution in [0.25, 0.3) is 11.4 Å². The quantitative estimate of drug-likeness (QED) is 0.229. The Morgan fingerprint density at radius 2 is 0.816 bits per heavy atom. The van der Waals surface area contributed by atoms with E-state index in [1.165, 1.54) is 22.3 Å². The molecule has 4 aromatic rings. The van der Waals surface area contributed by atoms with Gasteiger partial charge in [0.05, 0.1) is 11.4 Å². The van der Waals surface area contributed by atoms with Crippen molar-refractivity contribution in [1.29, 1.82) is 0 Å². The van der Waals surface area contributed by atoms with Gasteiger partial charge in [-0.1, -0.05) is 24.3 Å². The van der Waals surface area contributed by atoms with Crippen LogP contribution in [0.4, 0.5) is 0 Å². The highest BCUT2D eigenvalue weighted by molar-refractivity contribution is 5.55. The minimum Gasteiger partial charge on any atom is -0.488 e. The molecule has 4 rings (SSSR count). The Morgan fingerprint density at radius 3 is 1.16 bits per heavy atom. The van der Waals surface area contributed by atoms with Gasteiger partial charge in [-0.3, -0.25) is 9.97 Å². The molecule has 0 saturated carbocycles. The summed E-state index contributed by atoms with van der Waals surface area (Å²) in [5, 5.41) is 0. The minimum atomic E-state index is -0.187. The van der Waals surface area contributed by atoms with E-state index in [0.29, 0.717) is 0 Å². The molecule has 4 heteroatoms. The summed E-state index contributed by atoms with van der Waals surface area (Å²) < 4.78 is 11.9. The zero-order chi connectivity index (χ0) is 27.2. The maximum Gasteiger partial charge on any atom is 0.120 e. The zero-order valence-corrected chi connectivity index (χ0v) is 23.6. The van der Waals surface area contributed by atoms with Gasteiger partial charge in [0.1, 0.15) is 22.7 Å². The number of aromatic nitrogens is 2. The van der Waals surface area contributed by atoms with Gasteiger partial charge in [-0.2, -0.15) is 0 Å². The first-order valence-corrected chi connectivity index (χ1v) is 13.5. The van der Waals surface area contributed by atoms with Gasteiger partial charge < -0.3 is 9.47 Å². The van der Waals surface area contributed by atoms with Crippen molar-refractivity contribution in [1.82, 2.24) is 9.97 Å². The lowest BCUT2D eigenvalue weighted by Crippen LogP contribution is -2.22. The molecule has 198 valence electrons. The van der Waals surface area contributed by atoms with E-state index >= 15 is 0 Å². The summed E-state index contributed by atoms with van der Waals surface area (Å²) in [5.74, 6) is 1.81. The Bertz CT molecular complexity index is 1210. The minimum absolute atomic E-state index is 0.187. The number of nitrogens with zero attached hydrogens (tertiary/aromatic N) is 2. The Balaban J connectivity index is 1.35. The molecule has 0 aliphatic heterocycles. The number of pyridine rings is 2. The van der Waals surface area contributed by atoms with E-state index in [4.69, 9.17) is 9.47 Å². The van der Waals surface area contributed by atoms with Gasteiger partial charge in [0.25, 0.3) is 0 Å². The van der Waals surface area contributed by atoms with Gasteiger partial charge in [0, 0.05) is 12.4 Å². The topological polar surface area (TPSA) is 44.2 Å². The van der Waals surface area contributed by atoms with Crippen molar-refractivity contribution in [3.63, 3.8) is 0 Å². The summed E-state index contributed by atoms with van der Waals surface area (Å²) in [7, 11) is 0. The monoisotopic (exact) mass is 508 g/mol. The van der Waals surface area contributed by atoms with E-state index in [2.05, 4.69) is 124 Å². The molecule has 0 saturated heterocycles. The lowest BCUT2D eigenvalue weighted by molar-refractivity contribution is 0.130. The van der Waals surface area contributed by atoms with Crippen LogP contribution in [0.3, 0.4) is 0 Å². The van der Waals surface area contributed by atoms with Crippen molar-refractivity contribution in [2.24, 2.45) is 0 Å². The zero-order valence-electron chi connectivity index (χ0n) is 23.6. The molecule has 0 fully saturated rings. The van der Waals surface area contributed by atoms with Crippen LogP contribution in [0.15, 0.2) is 85.2 Å². The van der Waals surface area contributed by atoms with E-state index in [-0.39, 0.29) is 11.2 Å². The highest BCUT2D eigenvalue weighted by atomic mass is 16.5. The molecule has 38 heavy (non-hydrogen) atoms. The molecule has 0 aliphatic rings. The molecule has 2 aromatic heterocycles. The van der Waals surface area contributed by atoms with Crippen LogP contribution in [0.1, 0.15) is 63.8 Å². The average Bonchev–Trinajstić information content (AvgIpc) is 2.86. The second-order valence-electron chi connectivity index (χ2n) is 11.8. The number of benzene rings is 2. The second-order valence-corrected chi connectivity index (χ2v) is 11.8. The Labute approximate surface area is 228 Å². The van der Waals surface area contributed by atoms with E-state index in [9.17, 15) is 0 Å². The van der Waals surface area contributed by atoms with Crippen molar-refractivity contribution in [2.45, 2.75) is 78.4 Å². The third-order valence-corrected chi connectivity index (χ3v) is 6.01. The molecular formula is C34H40N2O2. The molecule has 0 aliphatic carbocycles. The molecule has 0 N–H and O–H groups in total. The summed E-state index contributed by atoms with van der Waals surface area (Å²) in [6.45, 7) is 12.4. The first-order valence-electron chi connectivity index (χ1n) is 13.5. The molecule has 0 radical (unpaired) electrons. The standard InChI is InChI=1S/C34H40N2O2/c1-33(2,3)37-29-15-11-25(12-16-29)7-9-27-19-21-35-31(23-27)32-24-28(20-22-36-32)10-8-26-13-17-30(18-14-26)38-34(4,5)6/h11-24H,7-10H2,1-6H3. The largest absolute Gasteiger partial charge is 0.488 e. The molecule has 4 nitrogen and oxygen atoms in total. The van der Waals surface area contributed by atoms with Crippen molar-refractivity contribution >= 4 is 0 Å². The lowest BCUT2D eigenvalue weighted by atomic mass is 10.0. The summed E-state index contributed by atoms with van der Waals surface area (Å²) >= 11 is 0. The van der Waals surface area contributed by atoms with Crippen molar-refractivity contribution in [3.05, 3.63) is 107 Å². The summed E-state index contributed by atoms with van der Waals surface area (Å²) in [6.07, 6.45) is 7.60. The van der Waals surface area contributed by atoms with Gasteiger partial charge in [-0.05, 0) is 138 Å². The van der Waals surface area contributed by atoms with Gasteiger partial charge in [0.2, 0.25) is 0 Å². The van der Waals surface area contributed by atoms with Crippen molar-refractivity contribution < 1.29 is 9.47 Å². The highest BCUT2D eigenvalue weighted by Gasteiger charge is 2.12. The highest BCUT2D eigenvalue weighted by Crippen LogP contribution is 2.22. The first kappa shape index (κ1) is 27.4. The summed E-state index contributed by atoms with van der Waals surface area (Å²) in [6, 6.07) is 25.4. The normalized spacial score (nSPS) is 11.8. The van der Waals surface area contributed by atoms with Gasteiger partial charge in [-0.15, -0.1) is 0 Å². The number of aryl methyl sites for hydroxylation is 4. The maximum absolute atomic E-state index is 5.94. The SMILES string of the molecule is CC(C)(C)Oc1ccc(CCc2ccnc(-c3cc(CCc4ccc(OC(C)(C)C)cc4)ccn3)c2)cc1. The summed E-state index contributed by atoms with van der Waals surface area (Å²) in [5.41, 5.74) is 6.57. The fourth-order valence-corrected chi connectivity index (χ4v) is 4.27. The third kappa shape index (κ3) is 8.72. The molecule has 0 spiro atoms. The van der Waals surface area contributed by atoms with Crippen molar-refractivity contribution in [2.75, 3.05) is 0 Å². The lowest BCUT2D eigenvalue weighted by Gasteiger charge is -2.21. The van der Waals surface area contributed by atoms with Crippen LogP contribution < -0.4 is 9.47 Å². The number of rotatable bonds is 9. The van der Waals surface area contributed by atoms with Crippen LogP contribution in [-0.2, 0) is 25.7 Å². The Hall–Kier alpha value is -3.66. The number of hydrogen-bond donors (Lipinski definition) is 0. The molecule has 0 bridgehead atoms. The third-order valence-electron chi connectivity index (χ3n) is 6.01. The fourth-order valence-electron chi connectivity index (χ4n) is 4.27. The average molecular weight is 509 g/mol. The van der Waals surface area contributed by atoms with Crippen LogP contribution in [-0.4, -0.2) is 21.2 Å². The predicted octanol–water partition coefficient (Wildman–Crippen LogP) is 8.07. The van der Waals surface area contributed by atoms with Crippen molar-refractivity contribution in [3.8, 4) is 22.9 Å². The molecule has 0 atom stereocenters. The van der Waals surface area contributed by atoms with Crippen LogP contribution in [0.2, 0.25) is 0 Å². The fraction of sp³-hybridized carbons (Fsp3) is 0.353. The molecule has 0 amide bonds. The van der Waals surface area contributed by atoms with E-state index in [0.717, 1.165) is 48.6 Å². The summed E-state index contributed by atoms with van der Waals surface area (Å²) in [4.78, 5) is 9.23. The second kappa shape index (κ2) is 11.8. The van der Waals surface area contributed by atoms with Crippen LogP contribution >= 0.6 is 0 Å². The molecule has 2 heterocycles.